The van der Waals surface area contributed by atoms with Crippen LogP contribution in [-0.2, 0) is 4.74 Å². The maximum absolute atomic E-state index is 8.25. The molecule has 0 unspecified atom stereocenters. The zero-order valence-electron chi connectivity index (χ0n) is 9.92. The molecule has 0 radical (unpaired) electrons. The monoisotopic (exact) mass is 310 g/mol. The van der Waals surface area contributed by atoms with Crippen LogP contribution in [0.15, 0.2) is 33.9 Å². The van der Waals surface area contributed by atoms with Crippen molar-refractivity contribution in [1.82, 2.24) is 5.32 Å². The Morgan fingerprint density at radius 2 is 2.17 bits per heavy atom. The van der Waals surface area contributed by atoms with Gasteiger partial charge in [-0.05, 0) is 29.6 Å². The average Bonchev–Trinajstić information content (AvgIpc) is 2.40. The third-order valence-electron chi connectivity index (χ3n) is 2.95. The standard InChI is InChI=1S/C12H15BrN4O/c13-10-3-1-9(2-4-10)12-8-18-7-11(16-12)5-6-15-17-14/h1-4,11-12,16H,5-8H2/t11-,12+/m1/s1. The van der Waals surface area contributed by atoms with Crippen molar-refractivity contribution >= 4 is 15.9 Å². The Balaban J connectivity index is 1.93. The number of hydrogen-bond donors (Lipinski definition) is 1. The second-order valence-electron chi connectivity index (χ2n) is 4.25. The Kier molecular flexibility index (Phi) is 5.01. The maximum atomic E-state index is 8.25. The molecule has 1 N–H and O–H groups in total. The van der Waals surface area contributed by atoms with Crippen LogP contribution in [0.3, 0.4) is 0 Å². The molecule has 2 atom stereocenters. The van der Waals surface area contributed by atoms with Gasteiger partial charge in [0, 0.05) is 22.0 Å². The van der Waals surface area contributed by atoms with Gasteiger partial charge in [-0.1, -0.05) is 33.2 Å². The second kappa shape index (κ2) is 6.75. The van der Waals surface area contributed by atoms with Gasteiger partial charge in [0.1, 0.15) is 0 Å². The molecule has 0 spiro atoms. The van der Waals surface area contributed by atoms with Crippen LogP contribution in [0.1, 0.15) is 18.0 Å². The summed E-state index contributed by atoms with van der Waals surface area (Å²) in [5.74, 6) is 0. The number of ether oxygens (including phenoxy) is 1. The van der Waals surface area contributed by atoms with Crippen molar-refractivity contribution in [2.75, 3.05) is 19.8 Å². The topological polar surface area (TPSA) is 70.0 Å². The molecule has 6 heteroatoms. The van der Waals surface area contributed by atoms with E-state index in [9.17, 15) is 0 Å². The van der Waals surface area contributed by atoms with Gasteiger partial charge in [-0.3, -0.25) is 0 Å². The molecule has 18 heavy (non-hydrogen) atoms. The van der Waals surface area contributed by atoms with Crippen LogP contribution in [0, 0.1) is 0 Å². The molecule has 1 heterocycles. The van der Waals surface area contributed by atoms with Crippen molar-refractivity contribution in [3.63, 3.8) is 0 Å². The summed E-state index contributed by atoms with van der Waals surface area (Å²) in [5.41, 5.74) is 9.47. The number of morpholine rings is 1. The molecule has 5 nitrogen and oxygen atoms in total. The largest absolute Gasteiger partial charge is 0.378 e. The molecule has 1 aromatic carbocycles. The smallest absolute Gasteiger partial charge is 0.0662 e. The van der Waals surface area contributed by atoms with Gasteiger partial charge in [-0.25, -0.2) is 0 Å². The molecule has 2 rings (SSSR count). The molecule has 1 saturated heterocycles. The summed E-state index contributed by atoms with van der Waals surface area (Å²) >= 11 is 3.43. The molecule has 0 aliphatic carbocycles. The number of nitrogens with zero attached hydrogens (tertiary/aromatic N) is 3. The molecule has 0 bridgehead atoms. The van der Waals surface area contributed by atoms with Crippen LogP contribution >= 0.6 is 15.9 Å². The van der Waals surface area contributed by atoms with Gasteiger partial charge in [0.15, 0.2) is 0 Å². The summed E-state index contributed by atoms with van der Waals surface area (Å²) in [4.78, 5) is 2.76. The van der Waals surface area contributed by atoms with Crippen molar-refractivity contribution in [3.8, 4) is 0 Å². The Bertz CT molecular complexity index is 430. The van der Waals surface area contributed by atoms with Gasteiger partial charge >= 0.3 is 0 Å². The van der Waals surface area contributed by atoms with Gasteiger partial charge in [0.25, 0.3) is 0 Å². The number of nitrogens with one attached hydrogen (secondary N) is 1. The highest BCUT2D eigenvalue weighted by atomic mass is 79.9. The van der Waals surface area contributed by atoms with E-state index < -0.39 is 0 Å². The first-order valence-corrected chi connectivity index (χ1v) is 6.69. The van der Waals surface area contributed by atoms with Gasteiger partial charge in [-0.2, -0.15) is 0 Å². The molecule has 0 amide bonds. The molecule has 1 aliphatic heterocycles. The second-order valence-corrected chi connectivity index (χ2v) is 5.16. The molecular weight excluding hydrogens is 296 g/mol. The Morgan fingerprint density at radius 1 is 1.39 bits per heavy atom. The zero-order chi connectivity index (χ0) is 12.8. The van der Waals surface area contributed by atoms with E-state index in [0.29, 0.717) is 19.8 Å². The van der Waals surface area contributed by atoms with Crippen molar-refractivity contribution in [2.24, 2.45) is 5.11 Å². The number of benzene rings is 1. The van der Waals surface area contributed by atoms with E-state index in [1.807, 2.05) is 12.1 Å². The summed E-state index contributed by atoms with van der Waals surface area (Å²) in [6.07, 6.45) is 0.803. The fourth-order valence-corrected chi connectivity index (χ4v) is 2.29. The van der Waals surface area contributed by atoms with Crippen LogP contribution < -0.4 is 5.32 Å². The van der Waals surface area contributed by atoms with Gasteiger partial charge in [0.05, 0.1) is 19.3 Å². The molecule has 0 saturated carbocycles. The van der Waals surface area contributed by atoms with Crippen LogP contribution in [0.4, 0.5) is 0 Å². The third kappa shape index (κ3) is 3.71. The number of hydrogen-bond acceptors (Lipinski definition) is 3. The normalized spacial score (nSPS) is 23.4. The SMILES string of the molecule is [N-]=[N+]=NCC[C@@H]1COC[C@@H](c2ccc(Br)cc2)N1. The average molecular weight is 311 g/mol. The lowest BCUT2D eigenvalue weighted by Gasteiger charge is -2.31. The van der Waals surface area contributed by atoms with Gasteiger partial charge in [0.2, 0.25) is 0 Å². The van der Waals surface area contributed by atoms with E-state index >= 15 is 0 Å². The van der Waals surface area contributed by atoms with Crippen LogP contribution in [0.25, 0.3) is 10.4 Å². The minimum Gasteiger partial charge on any atom is -0.378 e. The number of halogens is 1. The van der Waals surface area contributed by atoms with Crippen molar-refractivity contribution in [3.05, 3.63) is 44.7 Å². The zero-order valence-corrected chi connectivity index (χ0v) is 11.5. The van der Waals surface area contributed by atoms with Crippen molar-refractivity contribution in [1.29, 1.82) is 0 Å². The molecule has 1 aliphatic rings. The predicted molar refractivity (Wildman–Crippen MR) is 73.3 cm³/mol. The highest BCUT2D eigenvalue weighted by Gasteiger charge is 2.22. The fourth-order valence-electron chi connectivity index (χ4n) is 2.02. The van der Waals surface area contributed by atoms with E-state index in [-0.39, 0.29) is 12.1 Å². The quantitative estimate of drug-likeness (QED) is 0.527. The summed E-state index contributed by atoms with van der Waals surface area (Å²) < 4.78 is 6.67. The van der Waals surface area contributed by atoms with Crippen molar-refractivity contribution < 1.29 is 4.74 Å². The Labute approximate surface area is 114 Å². The predicted octanol–water partition coefficient (Wildman–Crippen LogP) is 3.18. The molecular formula is C12H15BrN4O. The highest BCUT2D eigenvalue weighted by molar-refractivity contribution is 9.10. The van der Waals surface area contributed by atoms with Gasteiger partial charge < -0.3 is 10.1 Å². The highest BCUT2D eigenvalue weighted by Crippen LogP contribution is 2.20. The lowest BCUT2D eigenvalue weighted by atomic mass is 10.0. The Hall–Kier alpha value is -1.07. The molecule has 96 valence electrons. The summed E-state index contributed by atoms with van der Waals surface area (Å²) in [6.45, 7) is 1.86. The first kappa shape index (κ1) is 13.4. The van der Waals surface area contributed by atoms with Crippen LogP contribution in [0.2, 0.25) is 0 Å². The summed E-state index contributed by atoms with van der Waals surface area (Å²) in [6, 6.07) is 8.68. The number of azide groups is 1. The minimum absolute atomic E-state index is 0.211. The van der Waals surface area contributed by atoms with E-state index in [0.717, 1.165) is 10.9 Å². The Morgan fingerprint density at radius 3 is 2.89 bits per heavy atom. The van der Waals surface area contributed by atoms with E-state index in [4.69, 9.17) is 10.3 Å². The van der Waals surface area contributed by atoms with E-state index in [2.05, 4.69) is 43.4 Å². The summed E-state index contributed by atoms with van der Waals surface area (Å²) in [5, 5.41) is 7.08. The minimum atomic E-state index is 0.211. The molecule has 1 fully saturated rings. The first-order chi connectivity index (χ1) is 8.79. The molecule has 1 aromatic rings. The number of rotatable bonds is 4. The van der Waals surface area contributed by atoms with Crippen LogP contribution in [0.5, 0.6) is 0 Å². The van der Waals surface area contributed by atoms with Gasteiger partial charge in [-0.15, -0.1) is 0 Å². The maximum Gasteiger partial charge on any atom is 0.0662 e. The lowest BCUT2D eigenvalue weighted by molar-refractivity contribution is 0.0434. The summed E-state index contributed by atoms with van der Waals surface area (Å²) in [7, 11) is 0. The lowest BCUT2D eigenvalue weighted by Crippen LogP contribution is -2.44. The van der Waals surface area contributed by atoms with E-state index in [1.54, 1.807) is 0 Å². The fraction of sp³-hybridized carbons (Fsp3) is 0.500. The third-order valence-corrected chi connectivity index (χ3v) is 3.48. The first-order valence-electron chi connectivity index (χ1n) is 5.89. The van der Waals surface area contributed by atoms with E-state index in [1.165, 1.54) is 5.56 Å². The van der Waals surface area contributed by atoms with Crippen molar-refractivity contribution in [2.45, 2.75) is 18.5 Å². The van der Waals surface area contributed by atoms with Crippen LogP contribution in [-0.4, -0.2) is 25.8 Å². The molecule has 0 aromatic heterocycles.